The second-order valence-corrected chi connectivity index (χ2v) is 8.39. The van der Waals surface area contributed by atoms with Crippen LogP contribution in [0.1, 0.15) is 47.6 Å². The van der Waals surface area contributed by atoms with E-state index >= 15 is 0 Å². The summed E-state index contributed by atoms with van der Waals surface area (Å²) >= 11 is 0. The highest BCUT2D eigenvalue weighted by atomic mass is 19.1. The first-order chi connectivity index (χ1) is 16.6. The summed E-state index contributed by atoms with van der Waals surface area (Å²) in [5.41, 5.74) is 9.34. The number of amides is 1. The van der Waals surface area contributed by atoms with Crippen LogP contribution >= 0.6 is 0 Å². The van der Waals surface area contributed by atoms with Crippen LogP contribution in [0.25, 0.3) is 22.3 Å². The number of halogens is 1. The smallest absolute Gasteiger partial charge is 0.258 e. The summed E-state index contributed by atoms with van der Waals surface area (Å²) in [7, 11) is 1.40. The first-order valence-corrected chi connectivity index (χ1v) is 11.3. The lowest BCUT2D eigenvalue weighted by atomic mass is 10.1. The highest BCUT2D eigenvalue weighted by molar-refractivity contribution is 5.98. The molecule has 1 amide bonds. The Morgan fingerprint density at radius 3 is 2.68 bits per heavy atom. The number of nitrogens with one attached hydrogen (secondary N) is 1. The van der Waals surface area contributed by atoms with Crippen LogP contribution in [0, 0.1) is 5.82 Å². The van der Waals surface area contributed by atoms with Crippen LogP contribution in [0.2, 0.25) is 0 Å². The number of carbonyl (C=O) groups is 1. The molecule has 0 unspecified atom stereocenters. The van der Waals surface area contributed by atoms with Gasteiger partial charge in [0, 0.05) is 12.1 Å². The lowest BCUT2D eigenvalue weighted by Crippen LogP contribution is -2.24. The van der Waals surface area contributed by atoms with Gasteiger partial charge in [0.15, 0.2) is 5.65 Å². The minimum Gasteiger partial charge on any atom is -0.496 e. The maximum atomic E-state index is 14.2. The van der Waals surface area contributed by atoms with Gasteiger partial charge in [-0.25, -0.2) is 19.0 Å². The van der Waals surface area contributed by atoms with Crippen molar-refractivity contribution >= 4 is 22.8 Å². The molecule has 0 atom stereocenters. The molecule has 1 saturated carbocycles. The fourth-order valence-corrected chi connectivity index (χ4v) is 4.55. The number of nitrogen functional groups attached to an aromatic ring is 1. The van der Waals surface area contributed by atoms with E-state index in [9.17, 15) is 9.18 Å². The van der Waals surface area contributed by atoms with E-state index < -0.39 is 11.7 Å². The SMILES string of the molecule is COc1cccc(F)c1C(=O)NCc1ccc(-c2nn(C3CCCC3)c3ncnc(N)c23)cc1. The predicted octanol–water partition coefficient (Wildman–Crippen LogP) is 4.27. The van der Waals surface area contributed by atoms with Crippen molar-refractivity contribution in [1.82, 2.24) is 25.1 Å². The van der Waals surface area contributed by atoms with E-state index in [4.69, 9.17) is 15.6 Å². The number of anilines is 1. The van der Waals surface area contributed by atoms with Gasteiger partial charge >= 0.3 is 0 Å². The first kappa shape index (κ1) is 21.8. The van der Waals surface area contributed by atoms with E-state index in [0.29, 0.717) is 11.9 Å². The zero-order valence-electron chi connectivity index (χ0n) is 18.8. The zero-order chi connectivity index (χ0) is 23.7. The average Bonchev–Trinajstić information content (AvgIpc) is 3.51. The van der Waals surface area contributed by atoms with E-state index in [0.717, 1.165) is 40.7 Å². The molecule has 0 radical (unpaired) electrons. The second kappa shape index (κ2) is 9.09. The molecule has 0 saturated heterocycles. The molecule has 0 spiro atoms. The summed E-state index contributed by atoms with van der Waals surface area (Å²) in [5.74, 6) is -0.571. The first-order valence-electron chi connectivity index (χ1n) is 11.3. The largest absolute Gasteiger partial charge is 0.496 e. The molecule has 1 fully saturated rings. The minimum absolute atomic E-state index is 0.110. The van der Waals surface area contributed by atoms with E-state index in [-0.39, 0.29) is 17.9 Å². The van der Waals surface area contributed by atoms with Crippen LogP contribution in [0.3, 0.4) is 0 Å². The van der Waals surface area contributed by atoms with Crippen LogP contribution < -0.4 is 15.8 Å². The van der Waals surface area contributed by atoms with E-state index in [2.05, 4.69) is 15.3 Å². The van der Waals surface area contributed by atoms with Gasteiger partial charge in [-0.05, 0) is 30.5 Å². The Hall–Kier alpha value is -4.01. The monoisotopic (exact) mass is 460 g/mol. The van der Waals surface area contributed by atoms with Crippen molar-refractivity contribution in [2.45, 2.75) is 38.3 Å². The Morgan fingerprint density at radius 2 is 1.94 bits per heavy atom. The fraction of sp³-hybridized carbons (Fsp3) is 0.280. The number of methoxy groups -OCH3 is 1. The van der Waals surface area contributed by atoms with Gasteiger partial charge in [0.05, 0.1) is 18.5 Å². The number of benzene rings is 2. The number of ether oxygens (including phenoxy) is 1. The van der Waals surface area contributed by atoms with Crippen molar-refractivity contribution in [3.63, 3.8) is 0 Å². The van der Waals surface area contributed by atoms with Gasteiger partial charge in [0.25, 0.3) is 5.91 Å². The van der Waals surface area contributed by atoms with Gasteiger partial charge in [0.1, 0.15) is 35.0 Å². The maximum Gasteiger partial charge on any atom is 0.258 e. The summed E-state index contributed by atoms with van der Waals surface area (Å²) in [6.07, 6.45) is 5.99. The Labute approximate surface area is 196 Å². The number of carbonyl (C=O) groups excluding carboxylic acids is 1. The third-order valence-corrected chi connectivity index (χ3v) is 6.29. The molecular formula is C25H25FN6O2. The van der Waals surface area contributed by atoms with Crippen LogP contribution in [-0.2, 0) is 6.54 Å². The highest BCUT2D eigenvalue weighted by Crippen LogP contribution is 2.36. The molecule has 0 aliphatic heterocycles. The molecule has 1 aliphatic carbocycles. The number of nitrogens with zero attached hydrogens (tertiary/aromatic N) is 4. The van der Waals surface area contributed by atoms with Crippen LogP contribution in [-0.4, -0.2) is 32.8 Å². The Bertz CT molecular complexity index is 1350. The molecule has 5 rings (SSSR count). The van der Waals surface area contributed by atoms with Crippen molar-refractivity contribution in [2.75, 3.05) is 12.8 Å². The lowest BCUT2D eigenvalue weighted by Gasteiger charge is -2.10. The molecule has 8 nitrogen and oxygen atoms in total. The van der Waals surface area contributed by atoms with Gasteiger partial charge in [-0.3, -0.25) is 4.79 Å². The molecule has 9 heteroatoms. The standard InChI is InChI=1S/C25H25FN6O2/c1-34-19-8-4-7-18(26)20(19)25(33)28-13-15-9-11-16(12-10-15)22-21-23(27)29-14-30-24(21)32(31-22)17-5-2-3-6-17/h4,7-12,14,17H,2-3,5-6,13H2,1H3,(H,28,33)(H2,27,29,30). The molecule has 2 aromatic carbocycles. The topological polar surface area (TPSA) is 108 Å². The molecule has 2 aromatic heterocycles. The van der Waals surface area contributed by atoms with Crippen molar-refractivity contribution in [2.24, 2.45) is 0 Å². The molecular weight excluding hydrogens is 435 g/mol. The normalized spacial score (nSPS) is 13.9. The van der Waals surface area contributed by atoms with Gasteiger partial charge in [-0.1, -0.05) is 43.2 Å². The summed E-state index contributed by atoms with van der Waals surface area (Å²) in [4.78, 5) is 21.2. The van der Waals surface area contributed by atoms with Crippen molar-refractivity contribution in [3.05, 3.63) is 65.7 Å². The number of rotatable bonds is 6. The maximum absolute atomic E-state index is 14.2. The highest BCUT2D eigenvalue weighted by Gasteiger charge is 2.24. The molecule has 4 aromatic rings. The zero-order valence-corrected chi connectivity index (χ0v) is 18.8. The lowest BCUT2D eigenvalue weighted by molar-refractivity contribution is 0.0943. The van der Waals surface area contributed by atoms with Crippen molar-refractivity contribution < 1.29 is 13.9 Å². The Balaban J connectivity index is 1.38. The summed E-state index contributed by atoms with van der Waals surface area (Å²) in [5, 5.41) is 8.39. The quantitative estimate of drug-likeness (QED) is 0.445. The molecule has 1 aliphatic rings. The molecule has 174 valence electrons. The van der Waals surface area contributed by atoms with Crippen LogP contribution in [0.5, 0.6) is 5.75 Å². The van der Waals surface area contributed by atoms with Crippen molar-refractivity contribution in [1.29, 1.82) is 0 Å². The minimum atomic E-state index is -0.628. The van der Waals surface area contributed by atoms with E-state index in [1.165, 1.54) is 38.4 Å². The van der Waals surface area contributed by atoms with Crippen LogP contribution in [0.15, 0.2) is 48.8 Å². The summed E-state index contributed by atoms with van der Waals surface area (Å²) in [6, 6.07) is 12.3. The number of hydrogen-bond acceptors (Lipinski definition) is 6. The molecule has 0 bridgehead atoms. The van der Waals surface area contributed by atoms with E-state index in [1.807, 2.05) is 28.9 Å². The number of hydrogen-bond donors (Lipinski definition) is 2. The Kier molecular flexibility index (Phi) is 5.83. The van der Waals surface area contributed by atoms with Gasteiger partial charge in [0.2, 0.25) is 0 Å². The third-order valence-electron chi connectivity index (χ3n) is 6.29. The molecule has 2 heterocycles. The van der Waals surface area contributed by atoms with Gasteiger partial charge in [-0.2, -0.15) is 5.10 Å². The molecule has 34 heavy (non-hydrogen) atoms. The van der Waals surface area contributed by atoms with Crippen molar-refractivity contribution in [3.8, 4) is 17.0 Å². The van der Waals surface area contributed by atoms with Gasteiger partial charge < -0.3 is 15.8 Å². The van der Waals surface area contributed by atoms with Crippen LogP contribution in [0.4, 0.5) is 10.2 Å². The number of nitrogens with two attached hydrogens (primary N) is 1. The predicted molar refractivity (Wildman–Crippen MR) is 127 cm³/mol. The number of fused-ring (bicyclic) bond motifs is 1. The second-order valence-electron chi connectivity index (χ2n) is 8.39. The molecule has 3 N–H and O–H groups in total. The van der Waals surface area contributed by atoms with E-state index in [1.54, 1.807) is 6.07 Å². The fourth-order valence-electron chi connectivity index (χ4n) is 4.55. The Morgan fingerprint density at radius 1 is 1.18 bits per heavy atom. The summed E-state index contributed by atoms with van der Waals surface area (Å²) < 4.78 is 21.3. The third kappa shape index (κ3) is 3.93. The summed E-state index contributed by atoms with van der Waals surface area (Å²) in [6.45, 7) is 0.235. The van der Waals surface area contributed by atoms with Gasteiger partial charge in [-0.15, -0.1) is 0 Å². The average molecular weight is 461 g/mol. The number of aromatic nitrogens is 4.